The molecule has 1 atom stereocenters. The second-order valence-corrected chi connectivity index (χ2v) is 3.93. The number of rotatable bonds is 2. The summed E-state index contributed by atoms with van der Waals surface area (Å²) >= 11 is 0. The Kier molecular flexibility index (Phi) is 2.73. The molecule has 3 heteroatoms. The minimum absolute atomic E-state index is 0.176. The van der Waals surface area contributed by atoms with E-state index in [9.17, 15) is 4.79 Å². The lowest BCUT2D eigenvalue weighted by Gasteiger charge is -2.22. The first-order valence-corrected chi connectivity index (χ1v) is 4.32. The van der Waals surface area contributed by atoms with Gasteiger partial charge in [0.2, 0.25) is 5.91 Å². The highest BCUT2D eigenvalue weighted by Crippen LogP contribution is 2.29. The summed E-state index contributed by atoms with van der Waals surface area (Å²) in [6.07, 6.45) is 1.06. The van der Waals surface area contributed by atoms with Gasteiger partial charge in [-0.3, -0.25) is 4.79 Å². The molecule has 0 saturated carbocycles. The van der Waals surface area contributed by atoms with Crippen molar-refractivity contribution in [1.29, 1.82) is 0 Å². The molecule has 0 aromatic carbocycles. The maximum Gasteiger partial charge on any atom is 0.219 e. The molecule has 1 saturated heterocycles. The first-order valence-electron chi connectivity index (χ1n) is 4.32. The molecule has 1 fully saturated rings. The van der Waals surface area contributed by atoms with Gasteiger partial charge in [-0.15, -0.1) is 0 Å². The predicted molar refractivity (Wildman–Crippen MR) is 46.9 cm³/mol. The third-order valence-electron chi connectivity index (χ3n) is 2.50. The van der Waals surface area contributed by atoms with Crippen molar-refractivity contribution < 1.29 is 9.53 Å². The minimum atomic E-state index is 0.176. The van der Waals surface area contributed by atoms with Crippen LogP contribution in [0.1, 0.15) is 20.3 Å². The van der Waals surface area contributed by atoms with Crippen LogP contribution in [0.3, 0.4) is 0 Å². The Hall–Kier alpha value is -0.570. The monoisotopic (exact) mass is 171 g/mol. The summed E-state index contributed by atoms with van der Waals surface area (Å²) in [5, 5.41) is 0. The fourth-order valence-electron chi connectivity index (χ4n) is 1.76. The van der Waals surface area contributed by atoms with E-state index in [1.165, 1.54) is 0 Å². The predicted octanol–water partition coefficient (Wildman–Crippen LogP) is 0.891. The molecule has 0 spiro atoms. The van der Waals surface area contributed by atoms with E-state index in [0.717, 1.165) is 26.1 Å². The van der Waals surface area contributed by atoms with E-state index in [1.807, 2.05) is 4.90 Å². The topological polar surface area (TPSA) is 29.5 Å². The number of hydrogen-bond donors (Lipinski definition) is 0. The molecule has 1 unspecified atom stereocenters. The summed E-state index contributed by atoms with van der Waals surface area (Å²) in [7, 11) is 1.71. The highest BCUT2D eigenvalue weighted by atomic mass is 16.5. The lowest BCUT2D eigenvalue weighted by atomic mass is 9.91. The highest BCUT2D eigenvalue weighted by Gasteiger charge is 2.34. The zero-order valence-corrected chi connectivity index (χ0v) is 8.09. The van der Waals surface area contributed by atoms with E-state index in [2.05, 4.69) is 6.92 Å². The number of ether oxygens (including phenoxy) is 1. The van der Waals surface area contributed by atoms with Crippen molar-refractivity contribution in [3.8, 4) is 0 Å². The second-order valence-electron chi connectivity index (χ2n) is 3.93. The quantitative estimate of drug-likeness (QED) is 0.617. The van der Waals surface area contributed by atoms with Gasteiger partial charge >= 0.3 is 0 Å². The van der Waals surface area contributed by atoms with Crippen molar-refractivity contribution in [2.45, 2.75) is 20.3 Å². The Balaban J connectivity index is 2.48. The molecule has 0 aromatic heterocycles. The van der Waals surface area contributed by atoms with E-state index in [4.69, 9.17) is 4.74 Å². The van der Waals surface area contributed by atoms with Crippen LogP contribution in [0.4, 0.5) is 0 Å². The molecular weight excluding hydrogens is 154 g/mol. The van der Waals surface area contributed by atoms with Crippen molar-refractivity contribution in [1.82, 2.24) is 4.90 Å². The van der Waals surface area contributed by atoms with Crippen LogP contribution >= 0.6 is 0 Å². The number of likely N-dealkylation sites (tertiary alicyclic amines) is 1. The van der Waals surface area contributed by atoms with Crippen LogP contribution in [-0.4, -0.2) is 37.6 Å². The van der Waals surface area contributed by atoms with Crippen LogP contribution in [0.2, 0.25) is 0 Å². The summed E-state index contributed by atoms with van der Waals surface area (Å²) in [4.78, 5) is 12.9. The molecule has 0 aromatic rings. The van der Waals surface area contributed by atoms with Gasteiger partial charge in [-0.05, 0) is 6.42 Å². The Labute approximate surface area is 73.7 Å². The third kappa shape index (κ3) is 1.97. The summed E-state index contributed by atoms with van der Waals surface area (Å²) in [5.74, 6) is 0.176. The van der Waals surface area contributed by atoms with Crippen LogP contribution in [0.15, 0.2) is 0 Å². The van der Waals surface area contributed by atoms with Crippen molar-refractivity contribution >= 4 is 5.91 Å². The number of carbonyl (C=O) groups excluding carboxylic acids is 1. The van der Waals surface area contributed by atoms with E-state index in [1.54, 1.807) is 14.0 Å². The SMILES string of the molecule is COCC1(C)CCN(C(C)=O)C1. The van der Waals surface area contributed by atoms with Crippen LogP contribution in [0.5, 0.6) is 0 Å². The van der Waals surface area contributed by atoms with E-state index < -0.39 is 0 Å². The van der Waals surface area contributed by atoms with Crippen LogP contribution < -0.4 is 0 Å². The molecule has 0 N–H and O–H groups in total. The molecule has 1 aliphatic rings. The van der Waals surface area contributed by atoms with Crippen LogP contribution in [-0.2, 0) is 9.53 Å². The lowest BCUT2D eigenvalue weighted by molar-refractivity contribution is -0.128. The minimum Gasteiger partial charge on any atom is -0.384 e. The maximum absolute atomic E-state index is 11.0. The molecule has 12 heavy (non-hydrogen) atoms. The largest absolute Gasteiger partial charge is 0.384 e. The molecule has 3 nitrogen and oxygen atoms in total. The summed E-state index contributed by atoms with van der Waals surface area (Å²) in [6, 6.07) is 0. The molecule has 1 aliphatic heterocycles. The second kappa shape index (κ2) is 3.44. The van der Waals surface area contributed by atoms with Crippen molar-refractivity contribution in [2.75, 3.05) is 26.8 Å². The standard InChI is InChI=1S/C9H17NO2/c1-8(11)10-5-4-9(2,6-10)7-12-3/h4-7H2,1-3H3. The van der Waals surface area contributed by atoms with Gasteiger partial charge in [0, 0.05) is 32.5 Å². The van der Waals surface area contributed by atoms with Gasteiger partial charge in [0.25, 0.3) is 0 Å². The molecular formula is C9H17NO2. The van der Waals surface area contributed by atoms with Gasteiger partial charge in [-0.2, -0.15) is 0 Å². The number of hydrogen-bond acceptors (Lipinski definition) is 2. The molecule has 0 aliphatic carbocycles. The van der Waals surface area contributed by atoms with Gasteiger partial charge in [-0.1, -0.05) is 6.92 Å². The number of nitrogens with zero attached hydrogens (tertiary/aromatic N) is 1. The van der Waals surface area contributed by atoms with Gasteiger partial charge < -0.3 is 9.64 Å². The zero-order valence-electron chi connectivity index (χ0n) is 8.09. The molecule has 0 bridgehead atoms. The average molecular weight is 171 g/mol. The Morgan fingerprint density at radius 1 is 1.67 bits per heavy atom. The number of methoxy groups -OCH3 is 1. The van der Waals surface area contributed by atoms with E-state index in [0.29, 0.717) is 0 Å². The number of carbonyl (C=O) groups is 1. The van der Waals surface area contributed by atoms with Crippen molar-refractivity contribution in [3.05, 3.63) is 0 Å². The summed E-state index contributed by atoms with van der Waals surface area (Å²) in [5.41, 5.74) is 0.181. The van der Waals surface area contributed by atoms with E-state index in [-0.39, 0.29) is 11.3 Å². The highest BCUT2D eigenvalue weighted by molar-refractivity contribution is 5.73. The first-order chi connectivity index (χ1) is 5.57. The normalized spacial score (nSPS) is 29.4. The average Bonchev–Trinajstić information content (AvgIpc) is 2.33. The molecule has 1 rings (SSSR count). The fraction of sp³-hybridized carbons (Fsp3) is 0.889. The zero-order chi connectivity index (χ0) is 9.19. The third-order valence-corrected chi connectivity index (χ3v) is 2.50. The molecule has 0 radical (unpaired) electrons. The molecule has 1 amide bonds. The summed E-state index contributed by atoms with van der Waals surface area (Å²) in [6.45, 7) is 6.26. The number of amides is 1. The van der Waals surface area contributed by atoms with Gasteiger partial charge in [0.15, 0.2) is 0 Å². The van der Waals surface area contributed by atoms with Crippen molar-refractivity contribution in [3.63, 3.8) is 0 Å². The van der Waals surface area contributed by atoms with Crippen LogP contribution in [0, 0.1) is 5.41 Å². The fourth-order valence-corrected chi connectivity index (χ4v) is 1.76. The van der Waals surface area contributed by atoms with Gasteiger partial charge in [-0.25, -0.2) is 0 Å². The van der Waals surface area contributed by atoms with Crippen molar-refractivity contribution in [2.24, 2.45) is 5.41 Å². The Morgan fingerprint density at radius 2 is 2.33 bits per heavy atom. The van der Waals surface area contributed by atoms with Gasteiger partial charge in [0.1, 0.15) is 0 Å². The van der Waals surface area contributed by atoms with E-state index >= 15 is 0 Å². The van der Waals surface area contributed by atoms with Crippen LogP contribution in [0.25, 0.3) is 0 Å². The first kappa shape index (κ1) is 9.52. The smallest absolute Gasteiger partial charge is 0.219 e. The Morgan fingerprint density at radius 3 is 2.75 bits per heavy atom. The molecule has 70 valence electrons. The lowest BCUT2D eigenvalue weighted by Crippen LogP contribution is -2.31. The Bertz CT molecular complexity index is 181. The summed E-state index contributed by atoms with van der Waals surface area (Å²) < 4.78 is 5.12. The molecule has 1 heterocycles. The maximum atomic E-state index is 11.0. The van der Waals surface area contributed by atoms with Gasteiger partial charge in [0.05, 0.1) is 6.61 Å².